The van der Waals surface area contributed by atoms with E-state index in [0.717, 1.165) is 11.3 Å². The molecule has 0 bridgehead atoms. The van der Waals surface area contributed by atoms with Crippen molar-refractivity contribution >= 4 is 22.0 Å². The summed E-state index contributed by atoms with van der Waals surface area (Å²) in [6.45, 7) is 1.75. The van der Waals surface area contributed by atoms with E-state index in [-0.39, 0.29) is 5.91 Å². The van der Waals surface area contributed by atoms with Gasteiger partial charge in [-0.15, -0.1) is 0 Å². The standard InChI is InChI=1S/C18H22N4O3S/c1-26(24,25)21-11-5-10-20(12-13-21)18(23)9-8-16-14-19-22(15-16)17-6-3-2-4-7-17/h2-4,6-9,14-15H,5,10-13H2,1H3. The van der Waals surface area contributed by atoms with E-state index in [1.165, 1.54) is 16.6 Å². The second-order valence-corrected chi connectivity index (χ2v) is 8.21. The van der Waals surface area contributed by atoms with Gasteiger partial charge in [-0.1, -0.05) is 18.2 Å². The molecule has 1 aromatic heterocycles. The van der Waals surface area contributed by atoms with Crippen LogP contribution in [0.25, 0.3) is 11.8 Å². The van der Waals surface area contributed by atoms with Crippen LogP contribution in [0.3, 0.4) is 0 Å². The molecule has 1 amide bonds. The maximum atomic E-state index is 12.4. The minimum absolute atomic E-state index is 0.118. The molecule has 2 heterocycles. The number of nitrogens with zero attached hydrogens (tertiary/aromatic N) is 4. The number of carbonyl (C=O) groups excluding carboxylic acids is 1. The molecule has 7 nitrogen and oxygen atoms in total. The number of benzene rings is 1. The van der Waals surface area contributed by atoms with Crippen LogP contribution >= 0.6 is 0 Å². The van der Waals surface area contributed by atoms with Crippen LogP contribution in [0.4, 0.5) is 0 Å². The van der Waals surface area contributed by atoms with Crippen molar-refractivity contribution in [1.29, 1.82) is 0 Å². The molecule has 0 N–H and O–H groups in total. The molecule has 1 aliphatic heterocycles. The summed E-state index contributed by atoms with van der Waals surface area (Å²) in [7, 11) is -3.21. The average molecular weight is 374 g/mol. The second kappa shape index (κ2) is 7.84. The van der Waals surface area contributed by atoms with E-state index in [9.17, 15) is 13.2 Å². The normalized spacial score (nSPS) is 16.7. The summed E-state index contributed by atoms with van der Waals surface area (Å²) in [4.78, 5) is 14.1. The minimum Gasteiger partial charge on any atom is -0.338 e. The van der Waals surface area contributed by atoms with Crippen molar-refractivity contribution in [3.63, 3.8) is 0 Å². The van der Waals surface area contributed by atoms with E-state index in [1.54, 1.807) is 21.9 Å². The van der Waals surface area contributed by atoms with E-state index in [1.807, 2.05) is 36.5 Å². The Labute approximate surface area is 153 Å². The summed E-state index contributed by atoms with van der Waals surface area (Å²) < 4.78 is 26.5. The molecule has 8 heteroatoms. The second-order valence-electron chi connectivity index (χ2n) is 6.23. The topological polar surface area (TPSA) is 75.5 Å². The fraction of sp³-hybridized carbons (Fsp3) is 0.333. The predicted molar refractivity (Wildman–Crippen MR) is 100 cm³/mol. The molecular weight excluding hydrogens is 352 g/mol. The first kappa shape index (κ1) is 18.3. The Morgan fingerprint density at radius 3 is 2.62 bits per heavy atom. The average Bonchev–Trinajstić information content (AvgIpc) is 2.94. The summed E-state index contributed by atoms with van der Waals surface area (Å²) in [5.74, 6) is -0.118. The highest BCUT2D eigenvalue weighted by Gasteiger charge is 2.22. The number of amides is 1. The summed E-state index contributed by atoms with van der Waals surface area (Å²) in [6, 6.07) is 9.73. The number of sulfonamides is 1. The van der Waals surface area contributed by atoms with Crippen LogP contribution in [0.15, 0.2) is 48.8 Å². The molecule has 1 aromatic carbocycles. The third-order valence-corrected chi connectivity index (χ3v) is 5.58. The van der Waals surface area contributed by atoms with Gasteiger partial charge in [-0.05, 0) is 24.6 Å². The van der Waals surface area contributed by atoms with Crippen LogP contribution in [0.5, 0.6) is 0 Å². The van der Waals surface area contributed by atoms with Crippen LogP contribution < -0.4 is 0 Å². The van der Waals surface area contributed by atoms with Gasteiger partial charge < -0.3 is 4.90 Å². The summed E-state index contributed by atoms with van der Waals surface area (Å²) in [5, 5.41) is 4.30. The molecule has 2 aromatic rings. The first-order valence-corrected chi connectivity index (χ1v) is 10.3. The van der Waals surface area contributed by atoms with Crippen LogP contribution in [0, 0.1) is 0 Å². The molecular formula is C18H22N4O3S. The molecule has 0 atom stereocenters. The molecule has 0 spiro atoms. The van der Waals surface area contributed by atoms with Crippen molar-refractivity contribution < 1.29 is 13.2 Å². The van der Waals surface area contributed by atoms with Gasteiger partial charge in [-0.3, -0.25) is 4.79 Å². The van der Waals surface area contributed by atoms with E-state index in [0.29, 0.717) is 32.6 Å². The molecule has 0 radical (unpaired) electrons. The van der Waals surface area contributed by atoms with Crippen molar-refractivity contribution in [1.82, 2.24) is 19.0 Å². The zero-order valence-corrected chi connectivity index (χ0v) is 15.5. The SMILES string of the molecule is CS(=O)(=O)N1CCCN(C(=O)C=Cc2cnn(-c3ccccc3)c2)CC1. The number of para-hydroxylation sites is 1. The Balaban J connectivity index is 1.62. The lowest BCUT2D eigenvalue weighted by molar-refractivity contribution is -0.125. The van der Waals surface area contributed by atoms with Gasteiger partial charge in [0, 0.05) is 44.0 Å². The maximum absolute atomic E-state index is 12.4. The first-order chi connectivity index (χ1) is 12.4. The fourth-order valence-corrected chi connectivity index (χ4v) is 3.74. The van der Waals surface area contributed by atoms with Gasteiger partial charge in [0.1, 0.15) is 0 Å². The molecule has 1 aliphatic rings. The molecule has 26 heavy (non-hydrogen) atoms. The molecule has 138 valence electrons. The van der Waals surface area contributed by atoms with Gasteiger partial charge in [0.15, 0.2) is 0 Å². The first-order valence-electron chi connectivity index (χ1n) is 8.46. The molecule has 0 saturated carbocycles. The van der Waals surface area contributed by atoms with Gasteiger partial charge in [0.05, 0.1) is 18.1 Å². The van der Waals surface area contributed by atoms with Gasteiger partial charge in [-0.25, -0.2) is 17.4 Å². The van der Waals surface area contributed by atoms with E-state index < -0.39 is 10.0 Å². The van der Waals surface area contributed by atoms with E-state index in [2.05, 4.69) is 5.10 Å². The van der Waals surface area contributed by atoms with E-state index in [4.69, 9.17) is 0 Å². The van der Waals surface area contributed by atoms with Crippen molar-refractivity contribution in [2.45, 2.75) is 6.42 Å². The van der Waals surface area contributed by atoms with Crippen molar-refractivity contribution in [2.75, 3.05) is 32.4 Å². The van der Waals surface area contributed by atoms with Gasteiger partial charge in [-0.2, -0.15) is 5.10 Å². The van der Waals surface area contributed by atoms with Crippen LogP contribution in [0.1, 0.15) is 12.0 Å². The van der Waals surface area contributed by atoms with Gasteiger partial charge in [0.25, 0.3) is 0 Å². The Morgan fingerprint density at radius 1 is 1.12 bits per heavy atom. The van der Waals surface area contributed by atoms with Crippen molar-refractivity contribution in [3.05, 3.63) is 54.4 Å². The predicted octanol–water partition coefficient (Wildman–Crippen LogP) is 1.38. The molecule has 0 aliphatic carbocycles. The third-order valence-electron chi connectivity index (χ3n) is 4.28. The number of hydrogen-bond acceptors (Lipinski definition) is 4. The Bertz CT molecular complexity index is 890. The highest BCUT2D eigenvalue weighted by Crippen LogP contribution is 2.10. The largest absolute Gasteiger partial charge is 0.338 e. The lowest BCUT2D eigenvalue weighted by Gasteiger charge is -2.19. The van der Waals surface area contributed by atoms with Gasteiger partial charge >= 0.3 is 0 Å². The summed E-state index contributed by atoms with van der Waals surface area (Å²) in [5.41, 5.74) is 1.78. The lowest BCUT2D eigenvalue weighted by Crippen LogP contribution is -2.36. The third kappa shape index (κ3) is 4.59. The fourth-order valence-electron chi connectivity index (χ4n) is 2.86. The van der Waals surface area contributed by atoms with Crippen LogP contribution in [0.2, 0.25) is 0 Å². The van der Waals surface area contributed by atoms with Crippen molar-refractivity contribution in [2.24, 2.45) is 0 Å². The Kier molecular flexibility index (Phi) is 5.53. The Hall–Kier alpha value is -2.45. The number of rotatable bonds is 4. The minimum atomic E-state index is -3.21. The monoisotopic (exact) mass is 374 g/mol. The Morgan fingerprint density at radius 2 is 1.88 bits per heavy atom. The van der Waals surface area contributed by atoms with Crippen LogP contribution in [-0.4, -0.2) is 65.7 Å². The summed E-state index contributed by atoms with van der Waals surface area (Å²) in [6.07, 6.45) is 8.64. The zero-order chi connectivity index (χ0) is 18.6. The van der Waals surface area contributed by atoms with Crippen LogP contribution in [-0.2, 0) is 14.8 Å². The maximum Gasteiger partial charge on any atom is 0.246 e. The van der Waals surface area contributed by atoms with Gasteiger partial charge in [0.2, 0.25) is 15.9 Å². The number of hydrogen-bond donors (Lipinski definition) is 0. The lowest BCUT2D eigenvalue weighted by atomic mass is 10.3. The highest BCUT2D eigenvalue weighted by atomic mass is 32.2. The zero-order valence-electron chi connectivity index (χ0n) is 14.7. The van der Waals surface area contributed by atoms with Crippen molar-refractivity contribution in [3.8, 4) is 5.69 Å². The quantitative estimate of drug-likeness (QED) is 0.758. The molecule has 3 rings (SSSR count). The summed E-state index contributed by atoms with van der Waals surface area (Å²) >= 11 is 0. The number of carbonyl (C=O) groups is 1. The highest BCUT2D eigenvalue weighted by molar-refractivity contribution is 7.88. The van der Waals surface area contributed by atoms with E-state index >= 15 is 0 Å². The molecule has 0 unspecified atom stereocenters. The number of aromatic nitrogens is 2. The smallest absolute Gasteiger partial charge is 0.246 e. The molecule has 1 fully saturated rings. The molecule has 1 saturated heterocycles.